The van der Waals surface area contributed by atoms with Crippen LogP contribution >= 0.6 is 0 Å². The van der Waals surface area contributed by atoms with Crippen molar-refractivity contribution in [1.82, 2.24) is 15.1 Å². The summed E-state index contributed by atoms with van der Waals surface area (Å²) in [7, 11) is 0. The van der Waals surface area contributed by atoms with Crippen molar-refractivity contribution in [2.75, 3.05) is 13.2 Å². The maximum atomic E-state index is 6.03. The Labute approximate surface area is 104 Å². The predicted octanol–water partition coefficient (Wildman–Crippen LogP) is 0.747. The van der Waals surface area contributed by atoms with E-state index in [1.807, 2.05) is 19.1 Å². The molecule has 18 heavy (non-hydrogen) atoms. The van der Waals surface area contributed by atoms with E-state index in [9.17, 15) is 0 Å². The lowest BCUT2D eigenvalue weighted by atomic mass is 9.86. The summed E-state index contributed by atoms with van der Waals surface area (Å²) in [5.41, 5.74) is 6.44. The van der Waals surface area contributed by atoms with E-state index in [0.717, 1.165) is 5.56 Å². The highest BCUT2D eigenvalue weighted by Crippen LogP contribution is 2.31. The number of ether oxygens (including phenoxy) is 1. The van der Waals surface area contributed by atoms with Crippen LogP contribution in [0.4, 0.5) is 0 Å². The third-order valence-electron chi connectivity index (χ3n) is 3.35. The average Bonchev–Trinajstić information content (AvgIpc) is 3.00. The molecule has 1 saturated heterocycles. The second-order valence-electron chi connectivity index (χ2n) is 4.70. The van der Waals surface area contributed by atoms with E-state index >= 15 is 0 Å². The van der Waals surface area contributed by atoms with Gasteiger partial charge in [0.1, 0.15) is 0 Å². The molecule has 0 aromatic carbocycles. The molecular weight excluding hydrogens is 232 g/mol. The van der Waals surface area contributed by atoms with Crippen molar-refractivity contribution in [3.05, 3.63) is 30.4 Å². The molecule has 2 atom stereocenters. The van der Waals surface area contributed by atoms with Gasteiger partial charge in [-0.3, -0.25) is 4.98 Å². The maximum absolute atomic E-state index is 6.03. The summed E-state index contributed by atoms with van der Waals surface area (Å²) in [6, 6.07) is 3.59. The van der Waals surface area contributed by atoms with Gasteiger partial charge in [0, 0.05) is 24.0 Å². The zero-order valence-corrected chi connectivity index (χ0v) is 10.0. The standard InChI is InChI=1S/C12H14N4O2/c1-12(7-17-6-9(12)13)11-15-10(16-18-11)8-3-2-4-14-5-8/h2-5,9H,6-7,13H2,1H3. The first-order valence-corrected chi connectivity index (χ1v) is 5.78. The van der Waals surface area contributed by atoms with Gasteiger partial charge in [-0.1, -0.05) is 5.16 Å². The summed E-state index contributed by atoms with van der Waals surface area (Å²) in [6.07, 6.45) is 3.40. The molecule has 0 radical (unpaired) electrons. The Morgan fingerprint density at radius 3 is 3.06 bits per heavy atom. The van der Waals surface area contributed by atoms with Gasteiger partial charge in [0.15, 0.2) is 0 Å². The fourth-order valence-corrected chi connectivity index (χ4v) is 1.98. The molecule has 0 saturated carbocycles. The van der Waals surface area contributed by atoms with Gasteiger partial charge in [-0.15, -0.1) is 0 Å². The lowest BCUT2D eigenvalue weighted by molar-refractivity contribution is 0.169. The van der Waals surface area contributed by atoms with Crippen molar-refractivity contribution in [1.29, 1.82) is 0 Å². The topological polar surface area (TPSA) is 87.1 Å². The molecule has 1 fully saturated rings. The fourth-order valence-electron chi connectivity index (χ4n) is 1.98. The van der Waals surface area contributed by atoms with Crippen molar-refractivity contribution in [2.24, 2.45) is 5.73 Å². The van der Waals surface area contributed by atoms with Crippen LogP contribution in [-0.4, -0.2) is 34.4 Å². The Kier molecular flexibility index (Phi) is 2.61. The summed E-state index contributed by atoms with van der Waals surface area (Å²) in [5.74, 6) is 1.05. The third kappa shape index (κ3) is 1.70. The maximum Gasteiger partial charge on any atom is 0.236 e. The van der Waals surface area contributed by atoms with Gasteiger partial charge in [0.25, 0.3) is 0 Å². The van der Waals surface area contributed by atoms with Crippen molar-refractivity contribution in [3.8, 4) is 11.4 Å². The molecule has 2 aromatic rings. The van der Waals surface area contributed by atoms with Crippen molar-refractivity contribution < 1.29 is 9.26 Å². The van der Waals surface area contributed by atoms with Crippen LogP contribution in [0, 0.1) is 0 Å². The van der Waals surface area contributed by atoms with E-state index in [0.29, 0.717) is 24.9 Å². The molecular formula is C12H14N4O2. The van der Waals surface area contributed by atoms with Crippen molar-refractivity contribution in [2.45, 2.75) is 18.4 Å². The smallest absolute Gasteiger partial charge is 0.236 e. The van der Waals surface area contributed by atoms with Gasteiger partial charge in [0.05, 0.1) is 18.6 Å². The minimum absolute atomic E-state index is 0.125. The molecule has 0 bridgehead atoms. The number of nitrogens with two attached hydrogens (primary N) is 1. The Morgan fingerprint density at radius 1 is 1.50 bits per heavy atom. The largest absolute Gasteiger partial charge is 0.379 e. The summed E-state index contributed by atoms with van der Waals surface area (Å²) < 4.78 is 10.7. The molecule has 1 aliphatic heterocycles. The molecule has 2 N–H and O–H groups in total. The molecule has 6 nitrogen and oxygen atoms in total. The van der Waals surface area contributed by atoms with Crippen molar-refractivity contribution in [3.63, 3.8) is 0 Å². The highest BCUT2D eigenvalue weighted by atomic mass is 16.5. The van der Waals surface area contributed by atoms with Crippen LogP contribution in [0.15, 0.2) is 29.0 Å². The highest BCUT2D eigenvalue weighted by Gasteiger charge is 2.44. The number of aromatic nitrogens is 3. The van der Waals surface area contributed by atoms with E-state index in [4.69, 9.17) is 15.0 Å². The lowest BCUT2D eigenvalue weighted by Crippen LogP contribution is -2.42. The molecule has 0 spiro atoms. The van der Waals surface area contributed by atoms with E-state index in [-0.39, 0.29) is 6.04 Å². The summed E-state index contributed by atoms with van der Waals surface area (Å²) >= 11 is 0. The van der Waals surface area contributed by atoms with Gasteiger partial charge >= 0.3 is 0 Å². The minimum atomic E-state index is -0.409. The number of pyridine rings is 1. The second-order valence-corrected chi connectivity index (χ2v) is 4.70. The first-order chi connectivity index (χ1) is 8.70. The molecule has 2 aromatic heterocycles. The lowest BCUT2D eigenvalue weighted by Gasteiger charge is -2.21. The molecule has 6 heteroatoms. The Morgan fingerprint density at radius 2 is 2.39 bits per heavy atom. The Bertz CT molecular complexity index is 542. The van der Waals surface area contributed by atoms with E-state index in [2.05, 4.69) is 15.1 Å². The zero-order chi connectivity index (χ0) is 12.6. The van der Waals surface area contributed by atoms with Crippen LogP contribution in [0.2, 0.25) is 0 Å². The summed E-state index contributed by atoms with van der Waals surface area (Å²) in [5, 5.41) is 3.97. The van der Waals surface area contributed by atoms with E-state index < -0.39 is 5.41 Å². The number of rotatable bonds is 2. The van der Waals surface area contributed by atoms with Crippen molar-refractivity contribution >= 4 is 0 Å². The molecule has 3 heterocycles. The van der Waals surface area contributed by atoms with Gasteiger partial charge in [-0.25, -0.2) is 0 Å². The van der Waals surface area contributed by atoms with Crippen LogP contribution in [0.5, 0.6) is 0 Å². The third-order valence-corrected chi connectivity index (χ3v) is 3.35. The minimum Gasteiger partial charge on any atom is -0.379 e. The van der Waals surface area contributed by atoms with Crippen LogP contribution in [0.1, 0.15) is 12.8 Å². The summed E-state index contributed by atoms with van der Waals surface area (Å²) in [6.45, 7) is 3.00. The molecule has 1 aliphatic rings. The number of hydrogen-bond donors (Lipinski definition) is 1. The first kappa shape index (κ1) is 11.3. The summed E-state index contributed by atoms with van der Waals surface area (Å²) in [4.78, 5) is 8.44. The Balaban J connectivity index is 1.95. The normalized spacial score (nSPS) is 27.6. The average molecular weight is 246 g/mol. The highest BCUT2D eigenvalue weighted by molar-refractivity contribution is 5.52. The SMILES string of the molecule is CC1(c2nc(-c3cccnc3)no2)COCC1N. The van der Waals surface area contributed by atoms with Gasteiger partial charge in [0.2, 0.25) is 11.7 Å². The Hall–Kier alpha value is -1.79. The second kappa shape index (κ2) is 4.15. The van der Waals surface area contributed by atoms with E-state index in [1.54, 1.807) is 12.4 Å². The number of hydrogen-bond acceptors (Lipinski definition) is 6. The van der Waals surface area contributed by atoms with Crippen LogP contribution < -0.4 is 5.73 Å². The van der Waals surface area contributed by atoms with E-state index in [1.165, 1.54) is 0 Å². The first-order valence-electron chi connectivity index (χ1n) is 5.78. The predicted molar refractivity (Wildman–Crippen MR) is 63.7 cm³/mol. The molecule has 0 amide bonds. The molecule has 94 valence electrons. The van der Waals surface area contributed by atoms with Crippen LogP contribution in [0.3, 0.4) is 0 Å². The zero-order valence-electron chi connectivity index (χ0n) is 10.0. The number of nitrogens with zero attached hydrogens (tertiary/aromatic N) is 3. The van der Waals surface area contributed by atoms with Gasteiger partial charge in [-0.2, -0.15) is 4.98 Å². The molecule has 0 aliphatic carbocycles. The fraction of sp³-hybridized carbons (Fsp3) is 0.417. The van der Waals surface area contributed by atoms with Gasteiger partial charge < -0.3 is 15.0 Å². The van der Waals surface area contributed by atoms with Gasteiger partial charge in [-0.05, 0) is 19.1 Å². The quantitative estimate of drug-likeness (QED) is 0.841. The monoisotopic (exact) mass is 246 g/mol. The molecule has 3 rings (SSSR count). The van der Waals surface area contributed by atoms with Crippen LogP contribution in [-0.2, 0) is 10.2 Å². The van der Waals surface area contributed by atoms with Crippen LogP contribution in [0.25, 0.3) is 11.4 Å². The molecule has 2 unspecified atom stereocenters.